The largest absolute Gasteiger partial charge is 0.506 e. The van der Waals surface area contributed by atoms with Gasteiger partial charge in [0.2, 0.25) is 5.91 Å². The minimum atomic E-state index is -0.409. The van der Waals surface area contributed by atoms with E-state index in [9.17, 15) is 19.5 Å². The maximum atomic E-state index is 13.7. The number of unbranched alkanes of at least 4 members (excludes halogenated alkanes) is 1. The molecule has 4 aromatic rings. The van der Waals surface area contributed by atoms with Crippen molar-refractivity contribution in [3.63, 3.8) is 0 Å². The Labute approximate surface area is 240 Å². The van der Waals surface area contributed by atoms with Crippen LogP contribution in [0.5, 0.6) is 11.5 Å². The predicted molar refractivity (Wildman–Crippen MR) is 156 cm³/mol. The number of ether oxygens (including phenoxy) is 1. The Bertz CT molecular complexity index is 1460. The molecule has 0 aliphatic rings. The quantitative estimate of drug-likeness (QED) is 0.0690. The lowest BCUT2D eigenvalue weighted by molar-refractivity contribution is -0.133. The molecule has 0 aliphatic heterocycles. The van der Waals surface area contributed by atoms with Crippen LogP contribution in [0, 0.1) is 7.14 Å². The van der Waals surface area contributed by atoms with Gasteiger partial charge >= 0.3 is 5.97 Å². The number of halogens is 2. The number of carbonyl (C=O) groups excluding carboxylic acids is 3. The van der Waals surface area contributed by atoms with Crippen LogP contribution in [0.1, 0.15) is 46.5 Å². The number of hydrogen-bond donors (Lipinski definition) is 2. The van der Waals surface area contributed by atoms with Gasteiger partial charge in [0.1, 0.15) is 22.8 Å². The van der Waals surface area contributed by atoms with Crippen LogP contribution >= 0.6 is 45.2 Å². The highest BCUT2D eigenvalue weighted by Crippen LogP contribution is 2.34. The third kappa shape index (κ3) is 6.69. The van der Waals surface area contributed by atoms with Crippen molar-refractivity contribution in [3.05, 3.63) is 90.3 Å². The monoisotopic (exact) mass is 723 g/mol. The molecule has 7 nitrogen and oxygen atoms in total. The minimum absolute atomic E-state index is 0.128. The van der Waals surface area contributed by atoms with Crippen molar-refractivity contribution in [3.8, 4) is 11.5 Å². The van der Waals surface area contributed by atoms with Gasteiger partial charge in [-0.3, -0.25) is 14.4 Å². The first-order chi connectivity index (χ1) is 17.7. The highest BCUT2D eigenvalue weighted by molar-refractivity contribution is 14.1. The van der Waals surface area contributed by atoms with E-state index in [1.807, 2.05) is 75.5 Å². The molecule has 1 heterocycles. The molecule has 3 aromatic carbocycles. The smallest absolute Gasteiger partial charge is 0.315 e. The fraction of sp³-hybridized carbons (Fsp3) is 0.179. The molecule has 0 atom stereocenters. The second-order valence-electron chi connectivity index (χ2n) is 8.49. The van der Waals surface area contributed by atoms with Crippen LogP contribution in [0.4, 0.5) is 0 Å². The molecule has 3 N–H and O–H groups in total. The minimum Gasteiger partial charge on any atom is -0.506 e. The van der Waals surface area contributed by atoms with Gasteiger partial charge in [0.15, 0.2) is 5.78 Å². The van der Waals surface area contributed by atoms with E-state index in [-0.39, 0.29) is 30.3 Å². The van der Waals surface area contributed by atoms with Crippen molar-refractivity contribution >= 4 is 73.8 Å². The van der Waals surface area contributed by atoms with Crippen LogP contribution in [-0.2, 0) is 22.4 Å². The molecule has 1 aromatic heterocycles. The summed E-state index contributed by atoms with van der Waals surface area (Å²) in [6.07, 6.45) is 1.98. The number of hydrogen-bond acceptors (Lipinski definition) is 6. The molecule has 0 saturated carbocycles. The summed E-state index contributed by atoms with van der Waals surface area (Å²) in [4.78, 5) is 37.2. The SMILES string of the molecule is NC(=O)CCCCc1oc2cc(OC(=O)Cc3ccccc3)ccc2c1C(=O)c1cc(I)c(O)c(I)c1. The lowest BCUT2D eigenvalue weighted by atomic mass is 9.98. The van der Waals surface area contributed by atoms with E-state index in [0.717, 1.165) is 5.56 Å². The fourth-order valence-electron chi connectivity index (χ4n) is 3.97. The van der Waals surface area contributed by atoms with Crippen molar-refractivity contribution in [2.75, 3.05) is 0 Å². The first-order valence-corrected chi connectivity index (χ1v) is 13.7. The van der Waals surface area contributed by atoms with Crippen molar-refractivity contribution in [1.82, 2.24) is 0 Å². The zero-order valence-corrected chi connectivity index (χ0v) is 23.9. The van der Waals surface area contributed by atoms with Gasteiger partial charge in [0.05, 0.1) is 19.1 Å². The number of carbonyl (C=O) groups is 3. The predicted octanol–water partition coefficient (Wildman–Crippen LogP) is 5.92. The van der Waals surface area contributed by atoms with E-state index in [4.69, 9.17) is 14.9 Å². The number of ketones is 1. The number of esters is 1. The van der Waals surface area contributed by atoms with Crippen LogP contribution in [-0.4, -0.2) is 22.8 Å². The van der Waals surface area contributed by atoms with Crippen LogP contribution in [0.3, 0.4) is 0 Å². The summed E-state index contributed by atoms with van der Waals surface area (Å²) >= 11 is 3.98. The Morgan fingerprint density at radius 2 is 1.65 bits per heavy atom. The molecule has 9 heteroatoms. The number of phenolic OH excluding ortho intramolecular Hbond substituents is 1. The molecule has 0 fully saturated rings. The van der Waals surface area contributed by atoms with Gasteiger partial charge in [0.25, 0.3) is 0 Å². The molecule has 1 amide bonds. The summed E-state index contributed by atoms with van der Waals surface area (Å²) in [5, 5.41) is 10.7. The average molecular weight is 723 g/mol. The summed E-state index contributed by atoms with van der Waals surface area (Å²) in [5.41, 5.74) is 7.35. The maximum Gasteiger partial charge on any atom is 0.315 e. The summed E-state index contributed by atoms with van der Waals surface area (Å²) in [6, 6.07) is 17.5. The summed E-state index contributed by atoms with van der Waals surface area (Å²) in [5.74, 6) is -0.105. The highest BCUT2D eigenvalue weighted by atomic mass is 127. The van der Waals surface area contributed by atoms with E-state index in [1.54, 1.807) is 30.3 Å². The normalized spacial score (nSPS) is 11.0. The van der Waals surface area contributed by atoms with E-state index >= 15 is 0 Å². The first-order valence-electron chi connectivity index (χ1n) is 11.5. The number of nitrogens with two attached hydrogens (primary N) is 1. The zero-order chi connectivity index (χ0) is 26.5. The second kappa shape index (κ2) is 12.1. The number of fused-ring (bicyclic) bond motifs is 1. The molecular formula is C28H23I2NO6. The van der Waals surface area contributed by atoms with Gasteiger partial charge in [-0.05, 0) is 87.9 Å². The first kappa shape index (κ1) is 27.1. The summed E-state index contributed by atoms with van der Waals surface area (Å²) in [6.45, 7) is 0. The van der Waals surface area contributed by atoms with E-state index in [0.29, 0.717) is 60.0 Å². The van der Waals surface area contributed by atoms with E-state index in [1.165, 1.54) is 0 Å². The lowest BCUT2D eigenvalue weighted by Gasteiger charge is -2.07. The molecule has 0 unspecified atom stereocenters. The number of furan rings is 1. The average Bonchev–Trinajstić information content (AvgIpc) is 3.22. The van der Waals surface area contributed by atoms with E-state index in [2.05, 4.69) is 0 Å². The molecule has 190 valence electrons. The molecule has 0 spiro atoms. The Hall–Kier alpha value is -2.93. The molecule has 0 radical (unpaired) electrons. The van der Waals surface area contributed by atoms with Crippen LogP contribution in [0.2, 0.25) is 0 Å². The number of aryl methyl sites for hydroxylation is 1. The van der Waals surface area contributed by atoms with Gasteiger partial charge in [-0.15, -0.1) is 0 Å². The van der Waals surface area contributed by atoms with Gasteiger partial charge < -0.3 is 20.0 Å². The van der Waals surface area contributed by atoms with Gasteiger partial charge in [-0.2, -0.15) is 0 Å². The van der Waals surface area contributed by atoms with Crippen LogP contribution in [0.25, 0.3) is 11.0 Å². The Morgan fingerprint density at radius 1 is 0.946 bits per heavy atom. The summed E-state index contributed by atoms with van der Waals surface area (Å²) < 4.78 is 12.7. The zero-order valence-electron chi connectivity index (χ0n) is 19.6. The standard InChI is InChI=1S/C28H23I2NO6/c29-20-13-17(14-21(30)28(20)35)27(34)26-19-11-10-18(36-25(33)12-16-6-2-1-3-7-16)15-23(19)37-22(26)8-4-5-9-24(31)32/h1-3,6-7,10-11,13-15,35H,4-5,8-9,12H2,(H2,31,32). The Kier molecular flexibility index (Phi) is 8.85. The molecule has 4 rings (SSSR count). The number of phenols is 1. The molecule has 0 aliphatic carbocycles. The molecule has 37 heavy (non-hydrogen) atoms. The van der Waals surface area contributed by atoms with E-state index < -0.39 is 5.97 Å². The van der Waals surface area contributed by atoms with Crippen molar-refractivity contribution in [2.24, 2.45) is 5.73 Å². The molecule has 0 bridgehead atoms. The van der Waals surface area contributed by atoms with Crippen molar-refractivity contribution in [2.45, 2.75) is 32.1 Å². The Balaban J connectivity index is 1.65. The fourth-order valence-corrected chi connectivity index (χ4v) is 5.74. The van der Waals surface area contributed by atoms with Crippen molar-refractivity contribution in [1.29, 1.82) is 0 Å². The third-order valence-corrected chi connectivity index (χ3v) is 7.39. The van der Waals surface area contributed by atoms with Crippen LogP contribution < -0.4 is 10.5 Å². The number of rotatable bonds is 10. The number of primary amides is 1. The van der Waals surface area contributed by atoms with Crippen molar-refractivity contribution < 1.29 is 28.6 Å². The topological polar surface area (TPSA) is 120 Å². The maximum absolute atomic E-state index is 13.7. The highest BCUT2D eigenvalue weighted by Gasteiger charge is 2.24. The lowest BCUT2D eigenvalue weighted by Crippen LogP contribution is -2.11. The van der Waals surface area contributed by atoms with Crippen LogP contribution in [0.15, 0.2) is 65.1 Å². The third-order valence-electron chi connectivity index (χ3n) is 5.74. The number of aromatic hydroxyl groups is 1. The molecular weight excluding hydrogens is 700 g/mol. The van der Waals surface area contributed by atoms with Gasteiger partial charge in [-0.1, -0.05) is 30.3 Å². The second-order valence-corrected chi connectivity index (χ2v) is 10.8. The number of amides is 1. The Morgan fingerprint density at radius 3 is 2.32 bits per heavy atom. The van der Waals surface area contributed by atoms with Gasteiger partial charge in [-0.25, -0.2) is 0 Å². The molecule has 0 saturated heterocycles. The van der Waals surface area contributed by atoms with Gasteiger partial charge in [0, 0.05) is 29.9 Å². The number of benzene rings is 3. The summed E-state index contributed by atoms with van der Waals surface area (Å²) in [7, 11) is 0.